The SMILES string of the molecule is CC(CN(C)C(C)C)C(=O)c1ccc(F)cn1. The van der Waals surface area contributed by atoms with Crippen molar-refractivity contribution in [2.24, 2.45) is 5.92 Å². The standard InChI is InChI=1S/C13H19FN2O/c1-9(2)16(4)8-10(3)13(17)12-6-5-11(14)7-15-12/h5-7,9-10H,8H2,1-4H3. The van der Waals surface area contributed by atoms with Gasteiger partial charge in [-0.1, -0.05) is 6.92 Å². The maximum Gasteiger partial charge on any atom is 0.185 e. The van der Waals surface area contributed by atoms with Gasteiger partial charge in [-0.05, 0) is 33.0 Å². The van der Waals surface area contributed by atoms with E-state index in [9.17, 15) is 9.18 Å². The Hall–Kier alpha value is -1.29. The van der Waals surface area contributed by atoms with E-state index in [-0.39, 0.29) is 11.7 Å². The van der Waals surface area contributed by atoms with Crippen molar-refractivity contribution >= 4 is 5.78 Å². The lowest BCUT2D eigenvalue weighted by atomic mass is 10.0. The number of carbonyl (C=O) groups excluding carboxylic acids is 1. The van der Waals surface area contributed by atoms with Gasteiger partial charge in [0.2, 0.25) is 0 Å². The fraction of sp³-hybridized carbons (Fsp3) is 0.538. The van der Waals surface area contributed by atoms with Gasteiger partial charge in [0.15, 0.2) is 5.78 Å². The van der Waals surface area contributed by atoms with Crippen molar-refractivity contribution in [2.75, 3.05) is 13.6 Å². The zero-order valence-electron chi connectivity index (χ0n) is 10.8. The van der Waals surface area contributed by atoms with Crippen LogP contribution in [0.4, 0.5) is 4.39 Å². The van der Waals surface area contributed by atoms with Crippen LogP contribution in [0.5, 0.6) is 0 Å². The van der Waals surface area contributed by atoms with Crippen molar-refractivity contribution in [1.82, 2.24) is 9.88 Å². The van der Waals surface area contributed by atoms with Crippen molar-refractivity contribution in [3.8, 4) is 0 Å². The molecule has 1 rings (SSSR count). The quantitative estimate of drug-likeness (QED) is 0.738. The molecule has 17 heavy (non-hydrogen) atoms. The number of ketones is 1. The van der Waals surface area contributed by atoms with Crippen LogP contribution in [0.15, 0.2) is 18.3 Å². The lowest BCUT2D eigenvalue weighted by Crippen LogP contribution is -2.33. The molecule has 0 aromatic carbocycles. The first-order valence-corrected chi connectivity index (χ1v) is 5.77. The van der Waals surface area contributed by atoms with Gasteiger partial charge in [0, 0.05) is 18.5 Å². The first-order valence-electron chi connectivity index (χ1n) is 5.77. The van der Waals surface area contributed by atoms with Gasteiger partial charge in [0.05, 0.1) is 6.20 Å². The van der Waals surface area contributed by atoms with E-state index in [0.717, 1.165) is 6.20 Å². The zero-order valence-corrected chi connectivity index (χ0v) is 10.8. The van der Waals surface area contributed by atoms with Crippen molar-refractivity contribution < 1.29 is 9.18 Å². The smallest absolute Gasteiger partial charge is 0.185 e. The second-order valence-electron chi connectivity index (χ2n) is 4.66. The zero-order chi connectivity index (χ0) is 13.0. The Labute approximate surface area is 102 Å². The van der Waals surface area contributed by atoms with Gasteiger partial charge in [-0.25, -0.2) is 4.39 Å². The Bertz CT molecular complexity index is 376. The fourth-order valence-electron chi connectivity index (χ4n) is 1.50. The van der Waals surface area contributed by atoms with Crippen molar-refractivity contribution in [1.29, 1.82) is 0 Å². The number of nitrogens with zero attached hydrogens (tertiary/aromatic N) is 2. The van der Waals surface area contributed by atoms with Gasteiger partial charge < -0.3 is 4.90 Å². The normalized spacial score (nSPS) is 13.1. The lowest BCUT2D eigenvalue weighted by molar-refractivity contribution is 0.0888. The van der Waals surface area contributed by atoms with E-state index in [1.165, 1.54) is 12.1 Å². The Morgan fingerprint density at radius 1 is 1.41 bits per heavy atom. The number of Topliss-reactive ketones (excluding diaryl/α,β-unsaturated/α-hetero) is 1. The topological polar surface area (TPSA) is 33.2 Å². The third-order valence-corrected chi connectivity index (χ3v) is 2.87. The molecule has 0 radical (unpaired) electrons. The molecule has 0 fully saturated rings. The highest BCUT2D eigenvalue weighted by Gasteiger charge is 2.19. The number of hydrogen-bond acceptors (Lipinski definition) is 3. The van der Waals surface area contributed by atoms with Crippen molar-refractivity contribution in [3.63, 3.8) is 0 Å². The first-order chi connectivity index (χ1) is 7.91. The van der Waals surface area contributed by atoms with Gasteiger partial charge in [-0.15, -0.1) is 0 Å². The van der Waals surface area contributed by atoms with E-state index in [4.69, 9.17) is 0 Å². The molecule has 1 heterocycles. The van der Waals surface area contributed by atoms with Crippen LogP contribution in [-0.2, 0) is 0 Å². The Balaban J connectivity index is 2.66. The summed E-state index contributed by atoms with van der Waals surface area (Å²) in [5.74, 6) is -0.605. The predicted molar refractivity (Wildman–Crippen MR) is 65.5 cm³/mol. The summed E-state index contributed by atoms with van der Waals surface area (Å²) in [6.07, 6.45) is 1.08. The summed E-state index contributed by atoms with van der Waals surface area (Å²) in [6.45, 7) is 6.70. The molecular formula is C13H19FN2O. The summed E-state index contributed by atoms with van der Waals surface area (Å²) >= 11 is 0. The second-order valence-corrected chi connectivity index (χ2v) is 4.66. The van der Waals surface area contributed by atoms with Gasteiger partial charge in [-0.2, -0.15) is 0 Å². The van der Waals surface area contributed by atoms with Gasteiger partial charge >= 0.3 is 0 Å². The highest BCUT2D eigenvalue weighted by molar-refractivity contribution is 5.95. The molecule has 0 saturated carbocycles. The van der Waals surface area contributed by atoms with E-state index < -0.39 is 5.82 Å². The minimum Gasteiger partial charge on any atom is -0.303 e. The summed E-state index contributed by atoms with van der Waals surface area (Å²) in [7, 11) is 1.98. The molecule has 1 atom stereocenters. The summed E-state index contributed by atoms with van der Waals surface area (Å²) in [5, 5.41) is 0. The van der Waals surface area contributed by atoms with E-state index >= 15 is 0 Å². The average Bonchev–Trinajstić information content (AvgIpc) is 2.28. The molecule has 0 bridgehead atoms. The van der Waals surface area contributed by atoms with E-state index in [1.54, 1.807) is 0 Å². The maximum atomic E-state index is 12.7. The molecule has 94 valence electrons. The van der Waals surface area contributed by atoms with Crippen LogP contribution in [0, 0.1) is 11.7 Å². The van der Waals surface area contributed by atoms with Gasteiger partial charge in [0.1, 0.15) is 11.5 Å². The largest absolute Gasteiger partial charge is 0.303 e. The van der Waals surface area contributed by atoms with Crippen LogP contribution in [0.2, 0.25) is 0 Å². The van der Waals surface area contributed by atoms with Crippen LogP contribution in [-0.4, -0.2) is 35.3 Å². The molecule has 1 aromatic heterocycles. The van der Waals surface area contributed by atoms with Crippen molar-refractivity contribution in [3.05, 3.63) is 29.8 Å². The molecular weight excluding hydrogens is 219 g/mol. The second kappa shape index (κ2) is 5.87. The minimum atomic E-state index is -0.423. The van der Waals surface area contributed by atoms with Crippen LogP contribution in [0.1, 0.15) is 31.3 Å². The number of hydrogen-bond donors (Lipinski definition) is 0. The highest BCUT2D eigenvalue weighted by atomic mass is 19.1. The van der Waals surface area contributed by atoms with Gasteiger partial charge in [-0.3, -0.25) is 9.78 Å². The first kappa shape index (κ1) is 13.8. The van der Waals surface area contributed by atoms with Crippen LogP contribution in [0.3, 0.4) is 0 Å². The number of halogens is 1. The Morgan fingerprint density at radius 2 is 2.06 bits per heavy atom. The van der Waals surface area contributed by atoms with E-state index in [0.29, 0.717) is 18.3 Å². The summed E-state index contributed by atoms with van der Waals surface area (Å²) in [6, 6.07) is 3.09. The number of aromatic nitrogens is 1. The summed E-state index contributed by atoms with van der Waals surface area (Å²) in [5.41, 5.74) is 0.330. The molecule has 0 N–H and O–H groups in total. The summed E-state index contributed by atoms with van der Waals surface area (Å²) in [4.78, 5) is 17.9. The van der Waals surface area contributed by atoms with E-state index in [1.807, 2.05) is 14.0 Å². The predicted octanol–water partition coefficient (Wildman–Crippen LogP) is 2.38. The molecule has 0 spiro atoms. The molecule has 4 heteroatoms. The Kier molecular flexibility index (Phi) is 4.75. The minimum absolute atomic E-state index is 0.0440. The molecule has 0 saturated heterocycles. The van der Waals surface area contributed by atoms with Crippen molar-refractivity contribution in [2.45, 2.75) is 26.8 Å². The molecule has 0 amide bonds. The molecule has 0 aliphatic rings. The molecule has 3 nitrogen and oxygen atoms in total. The lowest BCUT2D eigenvalue weighted by Gasteiger charge is -2.23. The van der Waals surface area contributed by atoms with Crippen LogP contribution in [0.25, 0.3) is 0 Å². The molecule has 1 aromatic rings. The maximum absolute atomic E-state index is 12.7. The highest BCUT2D eigenvalue weighted by Crippen LogP contribution is 2.09. The number of rotatable bonds is 5. The molecule has 1 unspecified atom stereocenters. The number of carbonyl (C=O) groups is 1. The molecule has 0 aliphatic carbocycles. The van der Waals surface area contributed by atoms with Crippen LogP contribution < -0.4 is 0 Å². The molecule has 0 aliphatic heterocycles. The third kappa shape index (κ3) is 3.89. The third-order valence-electron chi connectivity index (χ3n) is 2.87. The van der Waals surface area contributed by atoms with E-state index in [2.05, 4.69) is 23.7 Å². The Morgan fingerprint density at radius 3 is 2.53 bits per heavy atom. The van der Waals surface area contributed by atoms with Gasteiger partial charge in [0.25, 0.3) is 0 Å². The number of pyridine rings is 1. The fourth-order valence-corrected chi connectivity index (χ4v) is 1.50. The van der Waals surface area contributed by atoms with Crippen LogP contribution >= 0.6 is 0 Å². The summed E-state index contributed by atoms with van der Waals surface area (Å²) < 4.78 is 12.7. The average molecular weight is 238 g/mol. The monoisotopic (exact) mass is 238 g/mol.